The van der Waals surface area contributed by atoms with Crippen LogP contribution >= 0.6 is 0 Å². The third kappa shape index (κ3) is 17.4. The van der Waals surface area contributed by atoms with Crippen LogP contribution in [0.5, 0.6) is 0 Å². The fourth-order valence-corrected chi connectivity index (χ4v) is 3.57. The summed E-state index contributed by atoms with van der Waals surface area (Å²) >= 11 is 0. The molecule has 0 radical (unpaired) electrons. The van der Waals surface area contributed by atoms with Crippen molar-refractivity contribution < 1.29 is 33.9 Å². The summed E-state index contributed by atoms with van der Waals surface area (Å²) in [5.41, 5.74) is 16.5. The minimum atomic E-state index is -1.25. The molecule has 0 aromatic rings. The lowest BCUT2D eigenvalue weighted by Crippen LogP contribution is -2.57. The SMILES string of the molecule is CC(C)C[C@H](NC(=O)[C@H](C)NC(=O)[C@@H](N)CC(C)C)C(=O)N[C@@H](CCCN=C(N)N)C(=O)NCC(=O)NCC(=O)O. The van der Waals surface area contributed by atoms with Crippen molar-refractivity contribution >= 4 is 41.5 Å². The Bertz CT molecular complexity index is 936. The average molecular weight is 586 g/mol. The molecule has 234 valence electrons. The van der Waals surface area contributed by atoms with E-state index in [0.29, 0.717) is 12.8 Å². The Kier molecular flexibility index (Phi) is 17.3. The number of aliphatic carboxylic acids is 1. The Morgan fingerprint density at radius 3 is 1.85 bits per heavy atom. The fraction of sp³-hybridized carbons (Fsp3) is 0.720. The predicted octanol–water partition coefficient (Wildman–Crippen LogP) is -2.75. The third-order valence-electron chi connectivity index (χ3n) is 5.59. The second-order valence-corrected chi connectivity index (χ2v) is 10.6. The highest BCUT2D eigenvalue weighted by molar-refractivity contribution is 5.95. The first-order valence-electron chi connectivity index (χ1n) is 13.5. The van der Waals surface area contributed by atoms with E-state index in [1.807, 2.05) is 27.7 Å². The summed E-state index contributed by atoms with van der Waals surface area (Å²) in [7, 11) is 0. The van der Waals surface area contributed by atoms with Crippen LogP contribution in [-0.2, 0) is 28.8 Å². The molecule has 16 heteroatoms. The van der Waals surface area contributed by atoms with Crippen LogP contribution < -0.4 is 43.8 Å². The minimum Gasteiger partial charge on any atom is -0.480 e. The number of hydrogen-bond acceptors (Lipinski definition) is 8. The van der Waals surface area contributed by atoms with Crippen LogP contribution in [0.25, 0.3) is 0 Å². The van der Waals surface area contributed by atoms with Crippen LogP contribution in [0, 0.1) is 11.8 Å². The number of amides is 5. The lowest BCUT2D eigenvalue weighted by Gasteiger charge is -2.26. The Morgan fingerprint density at radius 2 is 1.32 bits per heavy atom. The van der Waals surface area contributed by atoms with Crippen LogP contribution in [-0.4, -0.2) is 90.4 Å². The van der Waals surface area contributed by atoms with Gasteiger partial charge >= 0.3 is 5.97 Å². The molecule has 4 atom stereocenters. The summed E-state index contributed by atoms with van der Waals surface area (Å²) in [6.45, 7) is 8.02. The van der Waals surface area contributed by atoms with Gasteiger partial charge in [0.25, 0.3) is 0 Å². The van der Waals surface area contributed by atoms with Gasteiger partial charge in [-0.1, -0.05) is 27.7 Å². The molecule has 0 aliphatic carbocycles. The summed E-state index contributed by atoms with van der Waals surface area (Å²) < 4.78 is 0. The molecule has 16 nitrogen and oxygen atoms in total. The van der Waals surface area contributed by atoms with Gasteiger partial charge in [-0.2, -0.15) is 0 Å². The van der Waals surface area contributed by atoms with Crippen LogP contribution in [0.3, 0.4) is 0 Å². The summed E-state index contributed by atoms with van der Waals surface area (Å²) in [6.07, 6.45) is 1.05. The molecule has 0 saturated carbocycles. The van der Waals surface area contributed by atoms with Crippen molar-refractivity contribution in [2.75, 3.05) is 19.6 Å². The van der Waals surface area contributed by atoms with Crippen molar-refractivity contribution in [2.45, 2.75) is 84.5 Å². The second kappa shape index (κ2) is 19.2. The summed E-state index contributed by atoms with van der Waals surface area (Å²) in [6, 6.07) is -3.93. The summed E-state index contributed by atoms with van der Waals surface area (Å²) in [4.78, 5) is 77.5. The number of carboxylic acid groups (broad SMARTS) is 1. The number of nitrogens with one attached hydrogen (secondary N) is 5. The van der Waals surface area contributed by atoms with Gasteiger partial charge in [0.15, 0.2) is 5.96 Å². The second-order valence-electron chi connectivity index (χ2n) is 10.6. The molecule has 0 rings (SSSR count). The van der Waals surface area contributed by atoms with Gasteiger partial charge < -0.3 is 48.9 Å². The lowest BCUT2D eigenvalue weighted by atomic mass is 10.0. The van der Waals surface area contributed by atoms with Crippen LogP contribution in [0.4, 0.5) is 0 Å². The maximum atomic E-state index is 13.2. The standard InChI is InChI=1S/C25H47N9O7/c1-13(2)9-16(26)22(39)32-15(5)21(38)34-18(10-14(3)4)24(41)33-17(7-6-8-29-25(27)28)23(40)31-11-19(35)30-12-20(36)37/h13-18H,6-12,26H2,1-5H3,(H,30,35)(H,31,40)(H,32,39)(H,33,41)(H,34,38)(H,36,37)(H4,27,28,29)/t15-,16-,17-,18-/m0/s1. The number of nitrogens with zero attached hydrogens (tertiary/aromatic N) is 1. The first kappa shape index (κ1) is 37.0. The molecule has 0 aromatic heterocycles. The molecule has 12 N–H and O–H groups in total. The van der Waals surface area contributed by atoms with E-state index < -0.39 is 72.8 Å². The first-order chi connectivity index (χ1) is 19.0. The van der Waals surface area contributed by atoms with Gasteiger partial charge in [0, 0.05) is 6.54 Å². The third-order valence-corrected chi connectivity index (χ3v) is 5.59. The van der Waals surface area contributed by atoms with Crippen molar-refractivity contribution in [3.05, 3.63) is 0 Å². The quantitative estimate of drug-likeness (QED) is 0.0428. The van der Waals surface area contributed by atoms with Crippen molar-refractivity contribution in [3.63, 3.8) is 0 Å². The van der Waals surface area contributed by atoms with Crippen molar-refractivity contribution in [2.24, 2.45) is 34.0 Å². The van der Waals surface area contributed by atoms with Gasteiger partial charge in [0.05, 0.1) is 12.6 Å². The van der Waals surface area contributed by atoms with Gasteiger partial charge in [-0.05, 0) is 44.4 Å². The zero-order valence-corrected chi connectivity index (χ0v) is 24.5. The highest BCUT2D eigenvalue weighted by Crippen LogP contribution is 2.08. The van der Waals surface area contributed by atoms with Crippen molar-refractivity contribution in [1.82, 2.24) is 26.6 Å². The molecule has 0 unspecified atom stereocenters. The monoisotopic (exact) mass is 585 g/mol. The van der Waals surface area contributed by atoms with E-state index in [0.717, 1.165) is 0 Å². The smallest absolute Gasteiger partial charge is 0.322 e. The zero-order valence-electron chi connectivity index (χ0n) is 24.5. The molecule has 0 aliphatic rings. The van der Waals surface area contributed by atoms with Crippen LogP contribution in [0.2, 0.25) is 0 Å². The molecule has 0 aliphatic heterocycles. The van der Waals surface area contributed by atoms with E-state index in [1.54, 1.807) is 0 Å². The zero-order chi connectivity index (χ0) is 31.7. The van der Waals surface area contributed by atoms with Gasteiger partial charge in [-0.25, -0.2) is 0 Å². The van der Waals surface area contributed by atoms with Crippen LogP contribution in [0.15, 0.2) is 4.99 Å². The first-order valence-corrected chi connectivity index (χ1v) is 13.5. The van der Waals surface area contributed by atoms with Gasteiger partial charge in [-0.15, -0.1) is 0 Å². The molecule has 0 spiro atoms. The van der Waals surface area contributed by atoms with Crippen LogP contribution in [0.1, 0.15) is 60.3 Å². The van der Waals surface area contributed by atoms with E-state index in [9.17, 15) is 28.8 Å². The average Bonchev–Trinajstić information content (AvgIpc) is 2.86. The highest BCUT2D eigenvalue weighted by Gasteiger charge is 2.29. The number of nitrogens with two attached hydrogens (primary N) is 3. The highest BCUT2D eigenvalue weighted by atomic mass is 16.4. The van der Waals surface area contributed by atoms with Crippen molar-refractivity contribution in [1.29, 1.82) is 0 Å². The van der Waals surface area contributed by atoms with Gasteiger partial charge in [-0.3, -0.25) is 33.8 Å². The molecular weight excluding hydrogens is 538 g/mol. The maximum absolute atomic E-state index is 13.2. The Morgan fingerprint density at radius 1 is 0.732 bits per heavy atom. The maximum Gasteiger partial charge on any atom is 0.322 e. The number of aliphatic imine (C=N–C) groups is 1. The number of hydrogen-bond donors (Lipinski definition) is 9. The number of carbonyl (C=O) groups excluding carboxylic acids is 5. The van der Waals surface area contributed by atoms with E-state index in [4.69, 9.17) is 22.3 Å². The number of guanidine groups is 1. The summed E-state index contributed by atoms with van der Waals surface area (Å²) in [5.74, 6) is -4.43. The molecular formula is C25H47N9O7. The normalized spacial score (nSPS) is 13.8. The summed E-state index contributed by atoms with van der Waals surface area (Å²) in [5, 5.41) is 20.9. The fourth-order valence-electron chi connectivity index (χ4n) is 3.57. The minimum absolute atomic E-state index is 0.0255. The van der Waals surface area contributed by atoms with E-state index in [2.05, 4.69) is 31.6 Å². The molecule has 0 aromatic carbocycles. The Balaban J connectivity index is 5.48. The van der Waals surface area contributed by atoms with Gasteiger partial charge in [0.2, 0.25) is 29.5 Å². The number of carbonyl (C=O) groups is 6. The lowest BCUT2D eigenvalue weighted by molar-refractivity contribution is -0.138. The van der Waals surface area contributed by atoms with Gasteiger partial charge in [0.1, 0.15) is 24.7 Å². The molecule has 41 heavy (non-hydrogen) atoms. The van der Waals surface area contributed by atoms with E-state index in [1.165, 1.54) is 6.92 Å². The topological polar surface area (TPSA) is 273 Å². The van der Waals surface area contributed by atoms with Crippen molar-refractivity contribution in [3.8, 4) is 0 Å². The predicted molar refractivity (Wildman–Crippen MR) is 152 cm³/mol. The Labute approximate surface area is 240 Å². The van der Waals surface area contributed by atoms with E-state index >= 15 is 0 Å². The molecule has 0 fully saturated rings. The number of rotatable bonds is 19. The van der Waals surface area contributed by atoms with E-state index in [-0.39, 0.29) is 37.2 Å². The molecule has 0 heterocycles. The molecule has 5 amide bonds. The largest absolute Gasteiger partial charge is 0.480 e. The number of carboxylic acids is 1. The molecule has 0 saturated heterocycles. The Hall–Kier alpha value is -3.95. The molecule has 0 bridgehead atoms.